The van der Waals surface area contributed by atoms with Gasteiger partial charge in [-0.15, -0.1) is 0 Å². The molecule has 0 aliphatic rings. The van der Waals surface area contributed by atoms with E-state index in [-0.39, 0.29) is 24.0 Å². The van der Waals surface area contributed by atoms with Crippen LogP contribution < -0.4 is 4.74 Å². The van der Waals surface area contributed by atoms with Gasteiger partial charge in [0.2, 0.25) is 11.8 Å². The number of hydrogen-bond acceptors (Lipinski definition) is 3. The molecular weight excluding hydrogens is 407 g/mol. The van der Waals surface area contributed by atoms with Crippen molar-refractivity contribution in [2.24, 2.45) is 0 Å². The quantitative estimate of drug-likeness (QED) is 0.493. The summed E-state index contributed by atoms with van der Waals surface area (Å²) in [5, 5.41) is 4.46. The predicted octanol–water partition coefficient (Wildman–Crippen LogP) is 5.19. The highest BCUT2D eigenvalue weighted by Crippen LogP contribution is 2.33. The van der Waals surface area contributed by atoms with Crippen LogP contribution in [0, 0.1) is 24.4 Å². The van der Waals surface area contributed by atoms with Crippen molar-refractivity contribution in [2.75, 3.05) is 13.1 Å². The fourth-order valence-electron chi connectivity index (χ4n) is 3.32. The molecule has 1 heterocycles. The van der Waals surface area contributed by atoms with Gasteiger partial charge in [0.15, 0.2) is 11.6 Å². The van der Waals surface area contributed by atoms with Gasteiger partial charge in [0.1, 0.15) is 11.6 Å². The molecule has 0 N–H and O–H groups in total. The van der Waals surface area contributed by atoms with Crippen LogP contribution in [0.1, 0.15) is 31.5 Å². The zero-order valence-corrected chi connectivity index (χ0v) is 17.7. The Morgan fingerprint density at radius 1 is 1.03 bits per heavy atom. The number of aryl methyl sites for hydroxylation is 1. The Kier molecular flexibility index (Phi) is 6.99. The standard InChI is InChI=1S/C23H24F3N3O2/c1-4-28(5-2)22(30)13-11-19-15(3)27-29(18-9-6-16(24)7-10-18)23(19)31-21-12-8-17(25)14-20(21)26/h6-10,12,14H,4-5,11,13H2,1-3H3. The Hall–Kier alpha value is -3.29. The molecule has 1 aromatic heterocycles. The highest BCUT2D eigenvalue weighted by Gasteiger charge is 2.22. The van der Waals surface area contributed by atoms with E-state index in [0.717, 1.165) is 12.1 Å². The summed E-state index contributed by atoms with van der Waals surface area (Å²) in [7, 11) is 0. The summed E-state index contributed by atoms with van der Waals surface area (Å²) < 4.78 is 48.2. The Labute approximate surface area is 179 Å². The Balaban J connectivity index is 2.00. The third-order valence-electron chi connectivity index (χ3n) is 5.01. The molecule has 5 nitrogen and oxygen atoms in total. The third-order valence-corrected chi connectivity index (χ3v) is 5.01. The van der Waals surface area contributed by atoms with E-state index in [2.05, 4.69) is 5.10 Å². The van der Waals surface area contributed by atoms with Gasteiger partial charge in [0, 0.05) is 31.1 Å². The van der Waals surface area contributed by atoms with Crippen molar-refractivity contribution < 1.29 is 22.7 Å². The summed E-state index contributed by atoms with van der Waals surface area (Å²) >= 11 is 0. The molecule has 3 rings (SSSR count). The number of ether oxygens (including phenoxy) is 1. The van der Waals surface area contributed by atoms with E-state index >= 15 is 0 Å². The molecule has 0 spiro atoms. The number of rotatable bonds is 8. The SMILES string of the molecule is CCN(CC)C(=O)CCc1c(C)nn(-c2ccc(F)cc2)c1Oc1ccc(F)cc1F. The fourth-order valence-corrected chi connectivity index (χ4v) is 3.32. The van der Waals surface area contributed by atoms with Gasteiger partial charge >= 0.3 is 0 Å². The van der Waals surface area contributed by atoms with Gasteiger partial charge in [0.05, 0.1) is 11.4 Å². The van der Waals surface area contributed by atoms with Crippen LogP contribution in [0.25, 0.3) is 5.69 Å². The lowest BCUT2D eigenvalue weighted by atomic mass is 10.1. The minimum atomic E-state index is -0.866. The Morgan fingerprint density at radius 2 is 1.68 bits per heavy atom. The molecule has 3 aromatic rings. The molecule has 0 saturated heterocycles. The minimum absolute atomic E-state index is 0.0159. The maximum Gasteiger partial charge on any atom is 0.226 e. The van der Waals surface area contributed by atoms with Crippen molar-refractivity contribution >= 4 is 5.91 Å². The molecule has 0 aliphatic heterocycles. The first-order valence-corrected chi connectivity index (χ1v) is 10.1. The Bertz CT molecular complexity index is 1060. The van der Waals surface area contributed by atoms with Crippen LogP contribution in [0.3, 0.4) is 0 Å². The van der Waals surface area contributed by atoms with Crippen LogP contribution in [0.2, 0.25) is 0 Å². The van der Waals surface area contributed by atoms with Crippen LogP contribution in [0.5, 0.6) is 11.6 Å². The molecule has 0 saturated carbocycles. The molecule has 0 bridgehead atoms. The number of aromatic nitrogens is 2. The molecule has 0 atom stereocenters. The Morgan fingerprint density at radius 3 is 2.29 bits per heavy atom. The molecule has 31 heavy (non-hydrogen) atoms. The molecule has 0 aliphatic carbocycles. The first kappa shape index (κ1) is 22.4. The normalized spacial score (nSPS) is 10.9. The summed E-state index contributed by atoms with van der Waals surface area (Å²) in [6, 6.07) is 8.59. The molecule has 0 fully saturated rings. The number of nitrogens with zero attached hydrogens (tertiary/aromatic N) is 3. The summed E-state index contributed by atoms with van der Waals surface area (Å²) in [5.41, 5.74) is 1.71. The topological polar surface area (TPSA) is 47.4 Å². The maximum atomic E-state index is 14.3. The van der Waals surface area contributed by atoms with E-state index in [1.165, 1.54) is 35.0 Å². The number of carbonyl (C=O) groups excluding carboxylic acids is 1. The zero-order chi connectivity index (χ0) is 22.5. The summed E-state index contributed by atoms with van der Waals surface area (Å²) in [6.45, 7) is 6.78. The van der Waals surface area contributed by atoms with Gasteiger partial charge in [-0.3, -0.25) is 4.79 Å². The van der Waals surface area contributed by atoms with Crippen LogP contribution in [0.15, 0.2) is 42.5 Å². The van der Waals surface area contributed by atoms with E-state index in [4.69, 9.17) is 4.74 Å². The number of halogens is 3. The number of amides is 1. The van der Waals surface area contributed by atoms with Crippen molar-refractivity contribution in [3.05, 3.63) is 71.2 Å². The molecule has 0 radical (unpaired) electrons. The first-order valence-electron chi connectivity index (χ1n) is 10.1. The second-order valence-electron chi connectivity index (χ2n) is 7.00. The van der Waals surface area contributed by atoms with Gasteiger partial charge in [-0.25, -0.2) is 17.9 Å². The van der Waals surface area contributed by atoms with Crippen molar-refractivity contribution in [2.45, 2.75) is 33.6 Å². The van der Waals surface area contributed by atoms with E-state index < -0.39 is 17.5 Å². The van der Waals surface area contributed by atoms with Gasteiger partial charge in [-0.1, -0.05) is 0 Å². The summed E-state index contributed by atoms with van der Waals surface area (Å²) in [5.74, 6) is -2.00. The van der Waals surface area contributed by atoms with Gasteiger partial charge < -0.3 is 9.64 Å². The van der Waals surface area contributed by atoms with Crippen LogP contribution in [-0.4, -0.2) is 33.7 Å². The van der Waals surface area contributed by atoms with E-state index in [9.17, 15) is 18.0 Å². The highest BCUT2D eigenvalue weighted by atomic mass is 19.1. The largest absolute Gasteiger partial charge is 0.436 e. The monoisotopic (exact) mass is 431 g/mol. The number of carbonyl (C=O) groups is 1. The third kappa shape index (κ3) is 5.07. The van der Waals surface area contributed by atoms with Crippen molar-refractivity contribution in [1.29, 1.82) is 0 Å². The molecule has 8 heteroatoms. The van der Waals surface area contributed by atoms with Gasteiger partial charge in [-0.05, 0) is 63.6 Å². The minimum Gasteiger partial charge on any atom is -0.436 e. The molecule has 2 aromatic carbocycles. The smallest absolute Gasteiger partial charge is 0.226 e. The summed E-state index contributed by atoms with van der Waals surface area (Å²) in [6.07, 6.45) is 0.542. The zero-order valence-electron chi connectivity index (χ0n) is 17.7. The van der Waals surface area contributed by atoms with Crippen LogP contribution >= 0.6 is 0 Å². The lowest BCUT2D eigenvalue weighted by Gasteiger charge is -2.18. The predicted molar refractivity (Wildman–Crippen MR) is 111 cm³/mol. The van der Waals surface area contributed by atoms with Crippen LogP contribution in [-0.2, 0) is 11.2 Å². The van der Waals surface area contributed by atoms with Crippen molar-refractivity contribution in [3.8, 4) is 17.3 Å². The first-order chi connectivity index (χ1) is 14.8. The fraction of sp³-hybridized carbons (Fsp3) is 0.304. The summed E-state index contributed by atoms with van der Waals surface area (Å²) in [4.78, 5) is 14.2. The average molecular weight is 431 g/mol. The molecule has 0 unspecified atom stereocenters. The number of hydrogen-bond donors (Lipinski definition) is 0. The average Bonchev–Trinajstić information content (AvgIpc) is 3.05. The molecular formula is C23H24F3N3O2. The van der Waals surface area contributed by atoms with Crippen molar-refractivity contribution in [3.63, 3.8) is 0 Å². The lowest BCUT2D eigenvalue weighted by molar-refractivity contribution is -0.130. The van der Waals surface area contributed by atoms with Gasteiger partial charge in [-0.2, -0.15) is 5.10 Å². The second-order valence-corrected chi connectivity index (χ2v) is 7.00. The van der Waals surface area contributed by atoms with E-state index in [0.29, 0.717) is 36.5 Å². The van der Waals surface area contributed by atoms with E-state index in [1.807, 2.05) is 13.8 Å². The van der Waals surface area contributed by atoms with Crippen LogP contribution in [0.4, 0.5) is 13.2 Å². The number of benzene rings is 2. The lowest BCUT2D eigenvalue weighted by Crippen LogP contribution is -2.30. The molecule has 164 valence electrons. The second kappa shape index (κ2) is 9.68. The van der Waals surface area contributed by atoms with Crippen molar-refractivity contribution in [1.82, 2.24) is 14.7 Å². The highest BCUT2D eigenvalue weighted by molar-refractivity contribution is 5.76. The maximum absolute atomic E-state index is 14.3. The van der Waals surface area contributed by atoms with E-state index in [1.54, 1.807) is 11.8 Å². The molecule has 1 amide bonds. The van der Waals surface area contributed by atoms with Gasteiger partial charge in [0.25, 0.3) is 0 Å².